The number of carbonyl (C=O) groups is 1. The normalized spacial score (nSPS) is 10.9. The number of amides is 1. The summed E-state index contributed by atoms with van der Waals surface area (Å²) in [6.07, 6.45) is 1.49. The first-order valence-electron chi connectivity index (χ1n) is 10.2. The van der Waals surface area contributed by atoms with E-state index in [2.05, 4.69) is 27.8 Å². The number of hydrazone groups is 1. The van der Waals surface area contributed by atoms with Crippen molar-refractivity contribution < 1.29 is 14.6 Å². The Kier molecular flexibility index (Phi) is 7.43. The van der Waals surface area contributed by atoms with Gasteiger partial charge in [0.25, 0.3) is 5.91 Å². The highest BCUT2D eigenvalue weighted by molar-refractivity contribution is 14.1. The van der Waals surface area contributed by atoms with Crippen LogP contribution in [0.5, 0.6) is 11.5 Å². The molecule has 0 saturated heterocycles. The number of ether oxygens (including phenoxy) is 1. The van der Waals surface area contributed by atoms with Gasteiger partial charge in [0.15, 0.2) is 16.6 Å². The van der Waals surface area contributed by atoms with Crippen molar-refractivity contribution in [3.8, 4) is 22.8 Å². The fourth-order valence-corrected chi connectivity index (χ4v) is 4.44. The first-order chi connectivity index (χ1) is 16.4. The molecular formula is C25H21IN4O3S. The van der Waals surface area contributed by atoms with Crippen molar-refractivity contribution >= 4 is 56.9 Å². The minimum Gasteiger partial charge on any atom is -0.504 e. The van der Waals surface area contributed by atoms with Crippen molar-refractivity contribution in [2.45, 2.75) is 6.92 Å². The second-order valence-electron chi connectivity index (χ2n) is 7.36. The van der Waals surface area contributed by atoms with E-state index in [-0.39, 0.29) is 11.7 Å². The van der Waals surface area contributed by atoms with Crippen molar-refractivity contribution in [3.05, 3.63) is 86.3 Å². The molecule has 0 bridgehead atoms. The van der Waals surface area contributed by atoms with Crippen LogP contribution in [-0.4, -0.2) is 29.3 Å². The van der Waals surface area contributed by atoms with E-state index < -0.39 is 0 Å². The summed E-state index contributed by atoms with van der Waals surface area (Å²) >= 11 is 3.52. The van der Waals surface area contributed by atoms with Crippen molar-refractivity contribution in [1.29, 1.82) is 0 Å². The van der Waals surface area contributed by atoms with Crippen LogP contribution in [0.25, 0.3) is 11.3 Å². The van der Waals surface area contributed by atoms with Crippen LogP contribution >= 0.6 is 33.9 Å². The minimum atomic E-state index is -0.330. The average Bonchev–Trinajstić information content (AvgIpc) is 3.31. The Morgan fingerprint density at radius 2 is 1.88 bits per heavy atom. The number of aromatic hydroxyl groups is 1. The standard InChI is InChI=1S/C25H21IN4O3S/c1-15-3-9-19(10-4-15)28-25-29-21(14-34-25)17-5-7-18(8-6-17)24(32)30-27-13-16-11-20(26)23(31)22(12-16)33-2/h3-14,31H,1-2H3,(H,28,29)(H,30,32)/b27-13-. The lowest BCUT2D eigenvalue weighted by Gasteiger charge is -2.06. The van der Waals surface area contributed by atoms with Gasteiger partial charge in [0, 0.05) is 22.2 Å². The molecular weight excluding hydrogens is 563 g/mol. The third-order valence-corrected chi connectivity index (χ3v) is 6.48. The van der Waals surface area contributed by atoms with Gasteiger partial charge in [0.2, 0.25) is 0 Å². The summed E-state index contributed by atoms with van der Waals surface area (Å²) < 4.78 is 5.76. The first-order valence-corrected chi connectivity index (χ1v) is 12.2. The topological polar surface area (TPSA) is 95.8 Å². The highest BCUT2D eigenvalue weighted by atomic mass is 127. The number of aryl methyl sites for hydroxylation is 1. The summed E-state index contributed by atoms with van der Waals surface area (Å²) in [5.41, 5.74) is 7.62. The second-order valence-corrected chi connectivity index (χ2v) is 9.38. The fourth-order valence-electron chi connectivity index (χ4n) is 3.07. The molecule has 0 aliphatic carbocycles. The van der Waals surface area contributed by atoms with Crippen LogP contribution < -0.4 is 15.5 Å². The summed E-state index contributed by atoms with van der Waals surface area (Å²) in [4.78, 5) is 17.1. The van der Waals surface area contributed by atoms with E-state index in [1.54, 1.807) is 24.3 Å². The highest BCUT2D eigenvalue weighted by Gasteiger charge is 2.09. The molecule has 0 spiro atoms. The molecule has 1 aromatic heterocycles. The number of anilines is 2. The monoisotopic (exact) mass is 584 g/mol. The quantitative estimate of drug-likeness (QED) is 0.142. The number of methoxy groups -OCH3 is 1. The molecule has 0 aliphatic rings. The van der Waals surface area contributed by atoms with Gasteiger partial charge in [0.1, 0.15) is 0 Å². The van der Waals surface area contributed by atoms with Crippen LogP contribution in [0.15, 0.2) is 71.1 Å². The summed E-state index contributed by atoms with van der Waals surface area (Å²) in [6, 6.07) is 18.7. The average molecular weight is 584 g/mol. The minimum absolute atomic E-state index is 0.0718. The van der Waals surface area contributed by atoms with Crippen molar-refractivity contribution in [2.75, 3.05) is 12.4 Å². The maximum absolute atomic E-state index is 12.4. The van der Waals surface area contributed by atoms with E-state index in [0.717, 1.165) is 22.1 Å². The lowest BCUT2D eigenvalue weighted by atomic mass is 10.1. The van der Waals surface area contributed by atoms with E-state index in [9.17, 15) is 9.90 Å². The van der Waals surface area contributed by atoms with Crippen molar-refractivity contribution in [1.82, 2.24) is 10.4 Å². The van der Waals surface area contributed by atoms with E-state index in [4.69, 9.17) is 4.74 Å². The molecule has 0 radical (unpaired) electrons. The molecule has 3 aromatic carbocycles. The number of benzene rings is 3. The van der Waals surface area contributed by atoms with Crippen LogP contribution in [0.1, 0.15) is 21.5 Å². The van der Waals surface area contributed by atoms with E-state index >= 15 is 0 Å². The number of aromatic nitrogens is 1. The van der Waals surface area contributed by atoms with Gasteiger partial charge < -0.3 is 15.2 Å². The van der Waals surface area contributed by atoms with Gasteiger partial charge >= 0.3 is 0 Å². The van der Waals surface area contributed by atoms with Crippen LogP contribution in [-0.2, 0) is 0 Å². The molecule has 1 heterocycles. The number of nitrogens with zero attached hydrogens (tertiary/aromatic N) is 2. The number of nitrogens with one attached hydrogen (secondary N) is 2. The van der Waals surface area contributed by atoms with Gasteiger partial charge in [-0.25, -0.2) is 10.4 Å². The Balaban J connectivity index is 1.38. The van der Waals surface area contributed by atoms with Crippen molar-refractivity contribution in [3.63, 3.8) is 0 Å². The maximum Gasteiger partial charge on any atom is 0.271 e. The number of hydrogen-bond donors (Lipinski definition) is 3. The third kappa shape index (κ3) is 5.72. The zero-order chi connectivity index (χ0) is 24.1. The second kappa shape index (κ2) is 10.7. The van der Waals surface area contributed by atoms with Crippen LogP contribution in [0.2, 0.25) is 0 Å². The Hall–Kier alpha value is -3.44. The zero-order valence-corrected chi connectivity index (χ0v) is 21.3. The molecule has 34 heavy (non-hydrogen) atoms. The predicted octanol–water partition coefficient (Wildman–Crippen LogP) is 5.94. The molecule has 7 nitrogen and oxygen atoms in total. The molecule has 4 aromatic rings. The zero-order valence-electron chi connectivity index (χ0n) is 18.4. The maximum atomic E-state index is 12.4. The molecule has 3 N–H and O–H groups in total. The number of hydrogen-bond acceptors (Lipinski definition) is 7. The largest absolute Gasteiger partial charge is 0.504 e. The lowest BCUT2D eigenvalue weighted by Crippen LogP contribution is -2.17. The summed E-state index contributed by atoms with van der Waals surface area (Å²) in [6.45, 7) is 2.05. The van der Waals surface area contributed by atoms with Gasteiger partial charge in [-0.05, 0) is 71.5 Å². The smallest absolute Gasteiger partial charge is 0.271 e. The molecule has 0 fully saturated rings. The third-order valence-electron chi connectivity index (χ3n) is 4.90. The molecule has 0 aliphatic heterocycles. The highest BCUT2D eigenvalue weighted by Crippen LogP contribution is 2.32. The van der Waals surface area contributed by atoms with Gasteiger partial charge in [-0.3, -0.25) is 4.79 Å². The molecule has 0 saturated carbocycles. The number of carbonyl (C=O) groups excluding carboxylic acids is 1. The van der Waals surface area contributed by atoms with Crippen LogP contribution in [0.4, 0.5) is 10.8 Å². The predicted molar refractivity (Wildman–Crippen MR) is 144 cm³/mol. The Labute approximate surface area is 214 Å². The molecule has 0 atom stereocenters. The number of phenols is 1. The lowest BCUT2D eigenvalue weighted by molar-refractivity contribution is 0.0955. The Morgan fingerprint density at radius 1 is 1.15 bits per heavy atom. The van der Waals surface area contributed by atoms with E-state index in [1.807, 2.05) is 64.4 Å². The fraction of sp³-hybridized carbons (Fsp3) is 0.0800. The summed E-state index contributed by atoms with van der Waals surface area (Å²) in [5, 5.41) is 20.0. The first kappa shape index (κ1) is 23.7. The summed E-state index contributed by atoms with van der Waals surface area (Å²) in [5.74, 6) is 0.0836. The SMILES string of the molecule is COc1cc(/C=N\NC(=O)c2ccc(-c3csc(Nc4ccc(C)cc4)n3)cc2)cc(I)c1O. The Morgan fingerprint density at radius 3 is 2.59 bits per heavy atom. The van der Waals surface area contributed by atoms with E-state index in [1.165, 1.54) is 30.2 Å². The summed E-state index contributed by atoms with van der Waals surface area (Å²) in [7, 11) is 1.48. The van der Waals surface area contributed by atoms with Crippen molar-refractivity contribution in [2.24, 2.45) is 5.10 Å². The van der Waals surface area contributed by atoms with Gasteiger partial charge in [-0.1, -0.05) is 29.8 Å². The van der Waals surface area contributed by atoms with E-state index in [0.29, 0.717) is 20.4 Å². The van der Waals surface area contributed by atoms with Gasteiger partial charge in [-0.2, -0.15) is 5.10 Å². The van der Waals surface area contributed by atoms with Crippen LogP contribution in [0, 0.1) is 10.5 Å². The van der Waals surface area contributed by atoms with Crippen LogP contribution in [0.3, 0.4) is 0 Å². The molecule has 172 valence electrons. The number of phenolic OH excluding ortho intramolecular Hbond substituents is 1. The van der Waals surface area contributed by atoms with Gasteiger partial charge in [0.05, 0.1) is 22.6 Å². The Bertz CT molecular complexity index is 1340. The number of halogens is 1. The molecule has 1 amide bonds. The molecule has 0 unspecified atom stereocenters. The van der Waals surface area contributed by atoms with Gasteiger partial charge in [-0.15, -0.1) is 11.3 Å². The molecule has 9 heteroatoms. The molecule has 4 rings (SSSR count). The number of thiazole rings is 1. The number of rotatable bonds is 7.